The molecule has 0 radical (unpaired) electrons. The molecule has 0 spiro atoms. The molecule has 0 aromatic rings. The quantitative estimate of drug-likeness (QED) is 0.0368. The second kappa shape index (κ2) is 37.1. The van der Waals surface area contributed by atoms with E-state index in [0.717, 1.165) is 30.5 Å². The Balaban J connectivity index is 3.72. The predicted molar refractivity (Wildman–Crippen MR) is 211 cm³/mol. The predicted octanol–water partition coefficient (Wildman–Crippen LogP) is 15.1. The molecule has 0 saturated heterocycles. The molecule has 2 unspecified atom stereocenters. The molecule has 0 aliphatic carbocycles. The van der Waals surface area contributed by atoms with E-state index >= 15 is 0 Å². The Bertz CT molecular complexity index is 531. The largest absolute Gasteiger partial charge is 0.329 e. The molecule has 284 valence electrons. The molecule has 47 heavy (non-hydrogen) atoms. The monoisotopic (exact) mass is 667 g/mol. The zero-order chi connectivity index (χ0) is 34.5. The van der Waals surface area contributed by atoms with Crippen LogP contribution in [0.4, 0.5) is 0 Å². The van der Waals surface area contributed by atoms with Crippen molar-refractivity contribution < 1.29 is 14.0 Å². The van der Waals surface area contributed by atoms with E-state index in [9.17, 15) is 0 Å². The summed E-state index contributed by atoms with van der Waals surface area (Å²) in [7, 11) is 4.65. The van der Waals surface area contributed by atoms with Crippen LogP contribution in [0.2, 0.25) is 0 Å². The third-order valence-corrected chi connectivity index (χ3v) is 10.8. The molecule has 0 aromatic carbocycles. The molecule has 0 saturated carbocycles. The average molecular weight is 667 g/mol. The fourth-order valence-electron chi connectivity index (χ4n) is 7.49. The Morgan fingerprint density at radius 3 is 0.681 bits per heavy atom. The van der Waals surface area contributed by atoms with E-state index in [1.807, 2.05) is 0 Å². The first-order chi connectivity index (χ1) is 23.0. The summed E-state index contributed by atoms with van der Waals surface area (Å²) in [5.74, 6) is 0. The molecule has 0 aliphatic rings. The minimum atomic E-state index is 0.224. The van der Waals surface area contributed by atoms with Gasteiger partial charge in [-0.25, -0.2) is 0 Å². The lowest BCUT2D eigenvalue weighted by Crippen LogP contribution is -2.57. The molecule has 2 atom stereocenters. The third kappa shape index (κ3) is 30.4. The van der Waals surface area contributed by atoms with Gasteiger partial charge >= 0.3 is 0 Å². The lowest BCUT2D eigenvalue weighted by molar-refractivity contribution is -0.980. The summed E-state index contributed by atoms with van der Waals surface area (Å²) >= 11 is 0. The number of hydrogen-bond donors (Lipinski definition) is 0. The van der Waals surface area contributed by atoms with Crippen molar-refractivity contribution in [1.29, 1.82) is 0 Å². The lowest BCUT2D eigenvalue weighted by Gasteiger charge is -2.42. The standard InChI is InChI=1S/C44H92NO2/c1-7-11-13-15-17-19-21-23-25-27-29-31-33-35-37-39-41-46-43(9-3)45(5,6)44(10-4)47-42-40-38-36-34-32-30-28-26-24-22-20-18-16-14-12-8-2/h43-44H,7-42H2,1-6H3/q+1. The van der Waals surface area contributed by atoms with Crippen molar-refractivity contribution in [3.05, 3.63) is 0 Å². The van der Waals surface area contributed by atoms with Crippen molar-refractivity contribution in [2.45, 2.75) is 258 Å². The van der Waals surface area contributed by atoms with E-state index in [-0.39, 0.29) is 12.5 Å². The van der Waals surface area contributed by atoms with Crippen LogP contribution in [0, 0.1) is 0 Å². The number of unbranched alkanes of at least 4 members (excludes halogenated alkanes) is 30. The van der Waals surface area contributed by atoms with E-state index < -0.39 is 0 Å². The van der Waals surface area contributed by atoms with Crippen molar-refractivity contribution in [3.8, 4) is 0 Å². The Morgan fingerprint density at radius 1 is 0.298 bits per heavy atom. The van der Waals surface area contributed by atoms with Crippen LogP contribution in [0.25, 0.3) is 0 Å². The van der Waals surface area contributed by atoms with Crippen molar-refractivity contribution >= 4 is 0 Å². The maximum atomic E-state index is 6.49. The molecule has 0 heterocycles. The molecule has 0 aliphatic heterocycles. The minimum absolute atomic E-state index is 0.224. The van der Waals surface area contributed by atoms with Crippen molar-refractivity contribution in [2.75, 3.05) is 27.3 Å². The van der Waals surface area contributed by atoms with Crippen LogP contribution in [-0.2, 0) is 9.47 Å². The maximum absolute atomic E-state index is 6.49. The molecular formula is C44H92NO2+. The van der Waals surface area contributed by atoms with Gasteiger partial charge in [-0.05, 0) is 12.8 Å². The van der Waals surface area contributed by atoms with Crippen molar-refractivity contribution in [1.82, 2.24) is 0 Å². The fraction of sp³-hybridized carbons (Fsp3) is 1.00. The van der Waals surface area contributed by atoms with E-state index in [0.29, 0.717) is 0 Å². The first-order valence-electron chi connectivity index (χ1n) is 22.1. The Morgan fingerprint density at radius 2 is 0.489 bits per heavy atom. The number of ether oxygens (including phenoxy) is 2. The van der Waals surface area contributed by atoms with Gasteiger partial charge in [-0.15, -0.1) is 0 Å². The SMILES string of the molecule is CCCCCCCCCCCCCCCCCCOC(CC)[N+](C)(C)C(CC)OCCCCCCCCCCCCCCCCCC. The van der Waals surface area contributed by atoms with Gasteiger partial charge in [0.25, 0.3) is 0 Å². The summed E-state index contributed by atoms with van der Waals surface area (Å²) in [4.78, 5) is 0. The second-order valence-electron chi connectivity index (χ2n) is 15.7. The highest BCUT2D eigenvalue weighted by atomic mass is 16.5. The highest BCUT2D eigenvalue weighted by molar-refractivity contribution is 4.54. The van der Waals surface area contributed by atoms with Crippen LogP contribution in [0.3, 0.4) is 0 Å². The van der Waals surface area contributed by atoms with E-state index in [1.54, 1.807) is 0 Å². The van der Waals surface area contributed by atoms with E-state index in [1.165, 1.54) is 205 Å². The van der Waals surface area contributed by atoms with Gasteiger partial charge in [0, 0.05) is 12.8 Å². The summed E-state index contributed by atoms with van der Waals surface area (Å²) in [5, 5.41) is 0. The van der Waals surface area contributed by atoms with Gasteiger partial charge in [0.05, 0.1) is 27.3 Å². The Labute approximate surface area is 299 Å². The summed E-state index contributed by atoms with van der Waals surface area (Å²) in [6.07, 6.45) is 47.8. The summed E-state index contributed by atoms with van der Waals surface area (Å²) in [5.41, 5.74) is 0. The number of quaternary nitrogens is 1. The van der Waals surface area contributed by atoms with Gasteiger partial charge in [0.1, 0.15) is 0 Å². The highest BCUT2D eigenvalue weighted by Gasteiger charge is 2.35. The molecule has 0 rings (SSSR count). The summed E-state index contributed by atoms with van der Waals surface area (Å²) in [6, 6.07) is 0. The van der Waals surface area contributed by atoms with Crippen LogP contribution in [0.1, 0.15) is 246 Å². The van der Waals surface area contributed by atoms with Gasteiger partial charge in [-0.3, -0.25) is 4.48 Å². The first-order valence-corrected chi connectivity index (χ1v) is 22.1. The normalized spacial score (nSPS) is 13.4. The maximum Gasteiger partial charge on any atom is 0.194 e. The van der Waals surface area contributed by atoms with Crippen LogP contribution in [0.5, 0.6) is 0 Å². The Kier molecular flexibility index (Phi) is 37.0. The molecule has 3 heteroatoms. The van der Waals surface area contributed by atoms with Crippen molar-refractivity contribution in [2.24, 2.45) is 0 Å². The van der Waals surface area contributed by atoms with E-state index in [4.69, 9.17) is 9.47 Å². The van der Waals surface area contributed by atoms with Gasteiger partial charge in [-0.2, -0.15) is 0 Å². The van der Waals surface area contributed by atoms with Gasteiger partial charge in [0.2, 0.25) is 0 Å². The lowest BCUT2D eigenvalue weighted by atomic mass is 10.0. The molecule has 0 fully saturated rings. The molecule has 0 aromatic heterocycles. The smallest absolute Gasteiger partial charge is 0.194 e. The molecule has 0 bridgehead atoms. The zero-order valence-electron chi connectivity index (χ0n) is 33.9. The summed E-state index contributed by atoms with van der Waals surface area (Å²) in [6.45, 7) is 11.0. The third-order valence-electron chi connectivity index (χ3n) is 10.8. The van der Waals surface area contributed by atoms with Crippen LogP contribution in [-0.4, -0.2) is 44.2 Å². The average Bonchev–Trinajstić information content (AvgIpc) is 3.07. The Hall–Kier alpha value is -0.120. The van der Waals surface area contributed by atoms with Crippen molar-refractivity contribution in [3.63, 3.8) is 0 Å². The highest BCUT2D eigenvalue weighted by Crippen LogP contribution is 2.22. The molecule has 0 amide bonds. The second-order valence-corrected chi connectivity index (χ2v) is 15.7. The fourth-order valence-corrected chi connectivity index (χ4v) is 7.49. The molecular weight excluding hydrogens is 574 g/mol. The number of rotatable bonds is 40. The van der Waals surface area contributed by atoms with Gasteiger partial charge < -0.3 is 9.47 Å². The molecule has 0 N–H and O–H groups in total. The first kappa shape index (κ1) is 46.9. The summed E-state index contributed by atoms with van der Waals surface area (Å²) < 4.78 is 13.8. The van der Waals surface area contributed by atoms with Crippen LogP contribution >= 0.6 is 0 Å². The van der Waals surface area contributed by atoms with Gasteiger partial charge in [-0.1, -0.05) is 220 Å². The molecule has 3 nitrogen and oxygen atoms in total. The van der Waals surface area contributed by atoms with E-state index in [2.05, 4.69) is 41.8 Å². The van der Waals surface area contributed by atoms with Gasteiger partial charge in [0.15, 0.2) is 12.5 Å². The van der Waals surface area contributed by atoms with Crippen LogP contribution in [0.15, 0.2) is 0 Å². The number of nitrogens with zero attached hydrogens (tertiary/aromatic N) is 1. The minimum Gasteiger partial charge on any atom is -0.329 e. The topological polar surface area (TPSA) is 18.5 Å². The number of hydrogen-bond acceptors (Lipinski definition) is 2. The zero-order valence-corrected chi connectivity index (χ0v) is 33.9. The van der Waals surface area contributed by atoms with Crippen LogP contribution < -0.4 is 0 Å².